The number of amides is 2. The van der Waals surface area contributed by atoms with Crippen molar-refractivity contribution in [3.05, 3.63) is 52.5 Å². The fraction of sp³-hybridized carbons (Fsp3) is 0.300. The van der Waals surface area contributed by atoms with Gasteiger partial charge in [-0.25, -0.2) is 0 Å². The van der Waals surface area contributed by atoms with Gasteiger partial charge in [0, 0.05) is 11.6 Å². The number of para-hydroxylation sites is 2. The van der Waals surface area contributed by atoms with Crippen LogP contribution in [-0.2, 0) is 9.59 Å². The number of rotatable bonds is 9. The van der Waals surface area contributed by atoms with Crippen molar-refractivity contribution in [2.45, 2.75) is 13.3 Å². The Morgan fingerprint density at radius 2 is 1.82 bits per heavy atom. The van der Waals surface area contributed by atoms with Gasteiger partial charge < -0.3 is 19.7 Å². The Kier molecular flexibility index (Phi) is 8.42. The highest BCUT2D eigenvalue weighted by atomic mass is 35.5. The smallest absolute Gasteiger partial charge is 0.260 e. The molecular formula is C20H22Cl2N2O4. The molecule has 6 nitrogen and oxygen atoms in total. The van der Waals surface area contributed by atoms with E-state index in [1.165, 1.54) is 12.0 Å². The third-order valence-corrected chi connectivity index (χ3v) is 4.37. The van der Waals surface area contributed by atoms with Crippen molar-refractivity contribution in [2.75, 3.05) is 32.1 Å². The molecule has 150 valence electrons. The summed E-state index contributed by atoms with van der Waals surface area (Å²) in [5.74, 6) is 0.319. The van der Waals surface area contributed by atoms with Crippen molar-refractivity contribution in [1.82, 2.24) is 4.90 Å². The molecule has 0 aromatic heterocycles. The molecule has 0 heterocycles. The summed E-state index contributed by atoms with van der Waals surface area (Å²) in [6, 6.07) is 11.8. The van der Waals surface area contributed by atoms with Crippen molar-refractivity contribution in [3.63, 3.8) is 0 Å². The van der Waals surface area contributed by atoms with Gasteiger partial charge in [-0.15, -0.1) is 0 Å². The zero-order valence-electron chi connectivity index (χ0n) is 15.7. The van der Waals surface area contributed by atoms with Crippen LogP contribution in [0.15, 0.2) is 42.5 Å². The molecule has 0 bridgehead atoms. The van der Waals surface area contributed by atoms with Crippen molar-refractivity contribution in [2.24, 2.45) is 0 Å². The number of anilines is 1. The first-order valence-corrected chi connectivity index (χ1v) is 9.48. The van der Waals surface area contributed by atoms with E-state index in [2.05, 4.69) is 5.32 Å². The number of nitrogens with zero attached hydrogens (tertiary/aromatic N) is 1. The van der Waals surface area contributed by atoms with Crippen molar-refractivity contribution in [3.8, 4) is 11.5 Å². The van der Waals surface area contributed by atoms with E-state index in [0.717, 1.165) is 0 Å². The Morgan fingerprint density at radius 1 is 1.11 bits per heavy atom. The van der Waals surface area contributed by atoms with Gasteiger partial charge >= 0.3 is 0 Å². The van der Waals surface area contributed by atoms with Gasteiger partial charge in [-0.1, -0.05) is 42.3 Å². The van der Waals surface area contributed by atoms with E-state index in [1.54, 1.807) is 36.4 Å². The zero-order valence-corrected chi connectivity index (χ0v) is 17.2. The Bertz CT molecular complexity index is 830. The summed E-state index contributed by atoms with van der Waals surface area (Å²) in [5, 5.41) is 3.49. The lowest BCUT2D eigenvalue weighted by Gasteiger charge is -2.22. The molecule has 0 aliphatic rings. The Balaban J connectivity index is 1.98. The highest BCUT2D eigenvalue weighted by Gasteiger charge is 2.18. The van der Waals surface area contributed by atoms with E-state index in [0.29, 0.717) is 40.2 Å². The number of hydrogen-bond donors (Lipinski definition) is 1. The number of benzene rings is 2. The second kappa shape index (κ2) is 10.8. The van der Waals surface area contributed by atoms with Crippen LogP contribution in [0.3, 0.4) is 0 Å². The molecule has 0 atom stereocenters. The molecule has 0 aliphatic heterocycles. The summed E-state index contributed by atoms with van der Waals surface area (Å²) in [6.07, 6.45) is 0.700. The summed E-state index contributed by atoms with van der Waals surface area (Å²) < 4.78 is 10.8. The Hall–Kier alpha value is -2.44. The molecule has 0 saturated heterocycles. The van der Waals surface area contributed by atoms with Crippen LogP contribution < -0.4 is 14.8 Å². The Labute approximate surface area is 174 Å². The first-order chi connectivity index (χ1) is 13.4. The van der Waals surface area contributed by atoms with Gasteiger partial charge in [-0.3, -0.25) is 9.59 Å². The molecule has 1 N–H and O–H groups in total. The lowest BCUT2D eigenvalue weighted by Crippen LogP contribution is -2.41. The molecule has 2 amide bonds. The average molecular weight is 425 g/mol. The van der Waals surface area contributed by atoms with Crippen LogP contribution in [0.1, 0.15) is 13.3 Å². The minimum absolute atomic E-state index is 0.120. The van der Waals surface area contributed by atoms with Crippen LogP contribution in [0.25, 0.3) is 0 Å². The molecule has 2 aromatic rings. The predicted molar refractivity (Wildman–Crippen MR) is 110 cm³/mol. The molecule has 0 unspecified atom stereocenters. The average Bonchev–Trinajstić information content (AvgIpc) is 2.68. The number of carbonyl (C=O) groups excluding carboxylic acids is 2. The van der Waals surface area contributed by atoms with Crippen molar-refractivity contribution in [1.29, 1.82) is 0 Å². The van der Waals surface area contributed by atoms with Crippen LogP contribution in [0, 0.1) is 0 Å². The van der Waals surface area contributed by atoms with Crippen LogP contribution in [0.5, 0.6) is 11.5 Å². The minimum atomic E-state index is -0.372. The number of methoxy groups -OCH3 is 1. The molecule has 2 rings (SSSR count). The monoisotopic (exact) mass is 424 g/mol. The van der Waals surface area contributed by atoms with E-state index in [9.17, 15) is 9.59 Å². The maximum Gasteiger partial charge on any atom is 0.260 e. The van der Waals surface area contributed by atoms with Crippen molar-refractivity contribution >= 4 is 40.7 Å². The first-order valence-electron chi connectivity index (χ1n) is 8.73. The third kappa shape index (κ3) is 6.32. The number of carbonyl (C=O) groups is 2. The molecule has 8 heteroatoms. The minimum Gasteiger partial charge on any atom is -0.493 e. The van der Waals surface area contributed by atoms with E-state index >= 15 is 0 Å². The van der Waals surface area contributed by atoms with Crippen molar-refractivity contribution < 1.29 is 19.1 Å². The van der Waals surface area contributed by atoms with Gasteiger partial charge in [0.1, 0.15) is 0 Å². The van der Waals surface area contributed by atoms with Gasteiger partial charge in [0.2, 0.25) is 5.91 Å². The largest absolute Gasteiger partial charge is 0.493 e. The first kappa shape index (κ1) is 21.9. The van der Waals surface area contributed by atoms with Crippen LogP contribution in [0.4, 0.5) is 5.69 Å². The van der Waals surface area contributed by atoms with Crippen LogP contribution in [0.2, 0.25) is 10.0 Å². The molecule has 0 spiro atoms. The number of hydrogen-bond acceptors (Lipinski definition) is 4. The maximum absolute atomic E-state index is 12.5. The summed E-state index contributed by atoms with van der Waals surface area (Å²) in [7, 11) is 1.53. The van der Waals surface area contributed by atoms with E-state index in [-0.39, 0.29) is 25.0 Å². The van der Waals surface area contributed by atoms with E-state index < -0.39 is 0 Å². The molecular weight excluding hydrogens is 403 g/mol. The summed E-state index contributed by atoms with van der Waals surface area (Å²) >= 11 is 12.0. The second-order valence-electron chi connectivity index (χ2n) is 5.93. The Morgan fingerprint density at radius 3 is 2.50 bits per heavy atom. The highest BCUT2D eigenvalue weighted by molar-refractivity contribution is 6.35. The predicted octanol–water partition coefficient (Wildman–Crippen LogP) is 4.26. The van der Waals surface area contributed by atoms with Crippen LogP contribution >= 0.6 is 23.2 Å². The fourth-order valence-electron chi connectivity index (χ4n) is 2.49. The molecule has 0 fully saturated rings. The molecule has 28 heavy (non-hydrogen) atoms. The zero-order chi connectivity index (χ0) is 20.5. The summed E-state index contributed by atoms with van der Waals surface area (Å²) in [4.78, 5) is 26.4. The quantitative estimate of drug-likeness (QED) is 0.652. The molecule has 0 saturated carbocycles. The second-order valence-corrected chi connectivity index (χ2v) is 6.77. The summed E-state index contributed by atoms with van der Waals surface area (Å²) in [5.41, 5.74) is 0.397. The van der Waals surface area contributed by atoms with E-state index in [1.807, 2.05) is 13.0 Å². The highest BCUT2D eigenvalue weighted by Crippen LogP contribution is 2.26. The number of halogens is 2. The van der Waals surface area contributed by atoms with Crippen LogP contribution in [-0.4, -0.2) is 43.5 Å². The number of ether oxygens (including phenoxy) is 2. The SMILES string of the molecule is CCCN(CC(=O)Nc1cc(Cl)ccc1Cl)C(=O)COc1ccccc1OC. The molecule has 0 radical (unpaired) electrons. The lowest BCUT2D eigenvalue weighted by molar-refractivity contribution is -0.136. The maximum atomic E-state index is 12.5. The lowest BCUT2D eigenvalue weighted by atomic mass is 10.3. The third-order valence-electron chi connectivity index (χ3n) is 3.80. The summed E-state index contributed by atoms with van der Waals surface area (Å²) in [6.45, 7) is 2.02. The topological polar surface area (TPSA) is 67.9 Å². The number of nitrogens with one attached hydrogen (secondary N) is 1. The standard InChI is InChI=1S/C20H22Cl2N2O4/c1-3-10-24(12-19(25)23-16-11-14(21)8-9-15(16)22)20(26)13-28-18-7-5-4-6-17(18)27-2/h4-9,11H,3,10,12-13H2,1-2H3,(H,23,25). The normalized spacial score (nSPS) is 10.3. The van der Waals surface area contributed by atoms with Gasteiger partial charge in [-0.05, 0) is 36.8 Å². The van der Waals surface area contributed by atoms with E-state index in [4.69, 9.17) is 32.7 Å². The van der Waals surface area contributed by atoms with Gasteiger partial charge in [0.25, 0.3) is 5.91 Å². The van der Waals surface area contributed by atoms with Gasteiger partial charge in [-0.2, -0.15) is 0 Å². The molecule has 0 aliphatic carbocycles. The fourth-order valence-corrected chi connectivity index (χ4v) is 2.82. The molecule has 2 aromatic carbocycles. The van der Waals surface area contributed by atoms with Gasteiger partial charge in [0.05, 0.1) is 24.4 Å². The van der Waals surface area contributed by atoms with Gasteiger partial charge in [0.15, 0.2) is 18.1 Å².